The number of rotatable bonds is 10. The van der Waals surface area contributed by atoms with Crippen LogP contribution in [0.3, 0.4) is 0 Å². The van der Waals surface area contributed by atoms with Crippen molar-refractivity contribution >= 4 is 11.9 Å². The van der Waals surface area contributed by atoms with Crippen molar-refractivity contribution in [3.8, 4) is 0 Å². The number of hydrogen-bond acceptors (Lipinski definition) is 3. The smallest absolute Gasteiger partial charge is 0.313 e. The lowest BCUT2D eigenvalue weighted by Gasteiger charge is -2.00. The standard InChI is InChI=1S/C16H26O3/c1-3-5-7-9-11-13-15(17)19-16(18)14-12-10-8-6-4-2/h7-10H,3-6,11-14H2,1-2H3/b9-7+,10-8+. The second-order valence-electron chi connectivity index (χ2n) is 4.44. The largest absolute Gasteiger partial charge is 0.393 e. The van der Waals surface area contributed by atoms with Crippen LogP contribution in [0.4, 0.5) is 0 Å². The van der Waals surface area contributed by atoms with Gasteiger partial charge in [-0.3, -0.25) is 9.59 Å². The van der Waals surface area contributed by atoms with E-state index in [1.54, 1.807) is 0 Å². The normalized spacial score (nSPS) is 11.3. The van der Waals surface area contributed by atoms with Crippen LogP contribution in [0, 0.1) is 0 Å². The molecule has 0 rings (SSSR count). The number of ether oxygens (including phenoxy) is 1. The van der Waals surface area contributed by atoms with Crippen molar-refractivity contribution in [1.82, 2.24) is 0 Å². The first-order valence-corrected chi connectivity index (χ1v) is 7.24. The van der Waals surface area contributed by atoms with Crippen LogP contribution in [-0.4, -0.2) is 11.9 Å². The fourth-order valence-electron chi connectivity index (χ4n) is 1.44. The van der Waals surface area contributed by atoms with E-state index in [9.17, 15) is 9.59 Å². The molecule has 0 aromatic rings. The van der Waals surface area contributed by atoms with Crippen molar-refractivity contribution in [3.05, 3.63) is 24.3 Å². The van der Waals surface area contributed by atoms with Crippen LogP contribution in [0.2, 0.25) is 0 Å². The summed E-state index contributed by atoms with van der Waals surface area (Å²) >= 11 is 0. The molecule has 0 unspecified atom stereocenters. The Labute approximate surface area is 116 Å². The quantitative estimate of drug-likeness (QED) is 0.336. The lowest BCUT2D eigenvalue weighted by Crippen LogP contribution is -2.11. The molecule has 0 spiro atoms. The number of esters is 2. The molecule has 3 nitrogen and oxygen atoms in total. The van der Waals surface area contributed by atoms with Gasteiger partial charge >= 0.3 is 11.9 Å². The van der Waals surface area contributed by atoms with E-state index in [-0.39, 0.29) is 12.8 Å². The van der Waals surface area contributed by atoms with Gasteiger partial charge in [-0.05, 0) is 25.7 Å². The molecule has 3 heteroatoms. The van der Waals surface area contributed by atoms with Gasteiger partial charge in [0.15, 0.2) is 0 Å². The van der Waals surface area contributed by atoms with Crippen molar-refractivity contribution in [2.45, 2.75) is 65.2 Å². The minimum absolute atomic E-state index is 0.275. The highest BCUT2D eigenvalue weighted by atomic mass is 16.6. The molecule has 0 aliphatic heterocycles. The highest BCUT2D eigenvalue weighted by Gasteiger charge is 2.08. The minimum atomic E-state index is -0.427. The summed E-state index contributed by atoms with van der Waals surface area (Å²) in [5.41, 5.74) is 0. The summed E-state index contributed by atoms with van der Waals surface area (Å²) < 4.78 is 4.72. The fraction of sp³-hybridized carbons (Fsp3) is 0.625. The molecular weight excluding hydrogens is 240 g/mol. The SMILES string of the molecule is CCC/C=C/CCC(=O)OC(=O)CC/C=C/CCC. The third-order valence-electron chi connectivity index (χ3n) is 2.50. The van der Waals surface area contributed by atoms with Gasteiger partial charge in [-0.2, -0.15) is 0 Å². The predicted molar refractivity (Wildman–Crippen MR) is 77.7 cm³/mol. The predicted octanol–water partition coefficient (Wildman–Crippen LogP) is 4.33. The molecule has 0 amide bonds. The lowest BCUT2D eigenvalue weighted by molar-refractivity contribution is -0.159. The van der Waals surface area contributed by atoms with Crippen molar-refractivity contribution in [2.75, 3.05) is 0 Å². The molecule has 0 bridgehead atoms. The Morgan fingerprint density at radius 3 is 1.47 bits per heavy atom. The van der Waals surface area contributed by atoms with Crippen LogP contribution in [0.1, 0.15) is 65.2 Å². The number of carbonyl (C=O) groups is 2. The molecule has 0 aromatic heterocycles. The molecule has 0 fully saturated rings. The van der Waals surface area contributed by atoms with Gasteiger partial charge in [-0.25, -0.2) is 0 Å². The second-order valence-corrected chi connectivity index (χ2v) is 4.44. The summed E-state index contributed by atoms with van der Waals surface area (Å²) in [4.78, 5) is 22.7. The zero-order valence-electron chi connectivity index (χ0n) is 12.2. The Bertz CT molecular complexity index is 273. The topological polar surface area (TPSA) is 43.4 Å². The van der Waals surface area contributed by atoms with E-state index in [0.29, 0.717) is 12.8 Å². The maximum absolute atomic E-state index is 11.3. The number of carbonyl (C=O) groups excluding carboxylic acids is 2. The van der Waals surface area contributed by atoms with Gasteiger partial charge in [0.2, 0.25) is 0 Å². The van der Waals surface area contributed by atoms with Crippen LogP contribution < -0.4 is 0 Å². The van der Waals surface area contributed by atoms with E-state index in [1.165, 1.54) is 0 Å². The second kappa shape index (κ2) is 13.1. The molecular formula is C16H26O3. The van der Waals surface area contributed by atoms with E-state index in [1.807, 2.05) is 24.3 Å². The third-order valence-corrected chi connectivity index (χ3v) is 2.50. The van der Waals surface area contributed by atoms with E-state index in [0.717, 1.165) is 25.7 Å². The van der Waals surface area contributed by atoms with Crippen molar-refractivity contribution in [2.24, 2.45) is 0 Å². The number of hydrogen-bond donors (Lipinski definition) is 0. The Balaban J connectivity index is 3.60. The minimum Gasteiger partial charge on any atom is -0.393 e. The molecule has 0 saturated heterocycles. The average molecular weight is 266 g/mol. The van der Waals surface area contributed by atoms with E-state index < -0.39 is 11.9 Å². The van der Waals surface area contributed by atoms with Crippen molar-refractivity contribution in [3.63, 3.8) is 0 Å². The average Bonchev–Trinajstić information content (AvgIpc) is 2.38. The first kappa shape index (κ1) is 17.6. The molecule has 0 saturated carbocycles. The van der Waals surface area contributed by atoms with Crippen LogP contribution >= 0.6 is 0 Å². The van der Waals surface area contributed by atoms with Gasteiger partial charge in [-0.1, -0.05) is 51.0 Å². The summed E-state index contributed by atoms with van der Waals surface area (Å²) in [5.74, 6) is -0.854. The highest BCUT2D eigenvalue weighted by Crippen LogP contribution is 2.01. The maximum Gasteiger partial charge on any atom is 0.313 e. The molecule has 0 radical (unpaired) electrons. The molecule has 19 heavy (non-hydrogen) atoms. The van der Waals surface area contributed by atoms with Gasteiger partial charge in [-0.15, -0.1) is 0 Å². The molecule has 0 N–H and O–H groups in total. The van der Waals surface area contributed by atoms with Gasteiger partial charge in [0.25, 0.3) is 0 Å². The molecule has 0 aliphatic rings. The van der Waals surface area contributed by atoms with E-state index in [2.05, 4.69) is 13.8 Å². The Morgan fingerprint density at radius 2 is 1.11 bits per heavy atom. The fourth-order valence-corrected chi connectivity index (χ4v) is 1.44. The zero-order valence-corrected chi connectivity index (χ0v) is 12.2. The lowest BCUT2D eigenvalue weighted by atomic mass is 10.2. The van der Waals surface area contributed by atoms with E-state index in [4.69, 9.17) is 4.74 Å². The molecule has 108 valence electrons. The van der Waals surface area contributed by atoms with Gasteiger partial charge in [0, 0.05) is 12.8 Å². The number of unbranched alkanes of at least 4 members (excludes halogenated alkanes) is 2. The number of allylic oxidation sites excluding steroid dienone is 4. The molecule has 0 atom stereocenters. The third kappa shape index (κ3) is 12.9. The first-order valence-electron chi connectivity index (χ1n) is 7.24. The zero-order chi connectivity index (χ0) is 14.3. The van der Waals surface area contributed by atoms with E-state index >= 15 is 0 Å². The van der Waals surface area contributed by atoms with Crippen LogP contribution in [0.5, 0.6) is 0 Å². The van der Waals surface area contributed by atoms with Crippen molar-refractivity contribution < 1.29 is 14.3 Å². The Kier molecular flexibility index (Phi) is 12.1. The first-order chi connectivity index (χ1) is 9.20. The maximum atomic E-state index is 11.3. The Hall–Kier alpha value is -1.38. The highest BCUT2D eigenvalue weighted by molar-refractivity contribution is 5.85. The summed E-state index contributed by atoms with van der Waals surface area (Å²) in [5, 5.41) is 0. The molecule has 0 aromatic carbocycles. The Morgan fingerprint density at radius 1 is 0.737 bits per heavy atom. The summed E-state index contributed by atoms with van der Waals surface area (Å²) in [6.07, 6.45) is 14.1. The molecule has 0 aliphatic carbocycles. The van der Waals surface area contributed by atoms with Gasteiger partial charge in [0.05, 0.1) is 0 Å². The van der Waals surface area contributed by atoms with Crippen LogP contribution in [0.15, 0.2) is 24.3 Å². The van der Waals surface area contributed by atoms with Crippen molar-refractivity contribution in [1.29, 1.82) is 0 Å². The van der Waals surface area contributed by atoms with Gasteiger partial charge < -0.3 is 4.74 Å². The van der Waals surface area contributed by atoms with Crippen LogP contribution in [0.25, 0.3) is 0 Å². The summed E-state index contributed by atoms with van der Waals surface area (Å²) in [7, 11) is 0. The monoisotopic (exact) mass is 266 g/mol. The summed E-state index contributed by atoms with van der Waals surface area (Å²) in [6.45, 7) is 4.21. The summed E-state index contributed by atoms with van der Waals surface area (Å²) in [6, 6.07) is 0. The van der Waals surface area contributed by atoms with Crippen LogP contribution in [-0.2, 0) is 14.3 Å². The van der Waals surface area contributed by atoms with Gasteiger partial charge in [0.1, 0.15) is 0 Å². The molecule has 0 heterocycles.